The largest absolute Gasteiger partial charge is 0.461 e. The Balaban J connectivity index is 1.67. The van der Waals surface area contributed by atoms with Gasteiger partial charge in [0.15, 0.2) is 5.76 Å². The van der Waals surface area contributed by atoms with Gasteiger partial charge in [-0.05, 0) is 26.0 Å². The second-order valence-electron chi connectivity index (χ2n) is 4.94. The molecule has 0 aliphatic carbocycles. The third-order valence-electron chi connectivity index (χ3n) is 3.06. The molecule has 3 rings (SSSR count). The Labute approximate surface area is 111 Å². The van der Waals surface area contributed by atoms with Crippen LogP contribution in [0.3, 0.4) is 0 Å². The Morgan fingerprint density at radius 1 is 1.32 bits per heavy atom. The van der Waals surface area contributed by atoms with Crippen LogP contribution >= 0.6 is 0 Å². The van der Waals surface area contributed by atoms with Crippen molar-refractivity contribution in [2.75, 3.05) is 13.1 Å². The molecule has 1 aliphatic heterocycles. The van der Waals surface area contributed by atoms with Crippen molar-refractivity contribution in [1.29, 1.82) is 0 Å². The number of aromatic nitrogens is 2. The Bertz CT molecular complexity index is 513. The van der Waals surface area contributed by atoms with Gasteiger partial charge in [-0.15, -0.1) is 0 Å². The molecule has 3 heterocycles. The lowest BCUT2D eigenvalue weighted by Crippen LogP contribution is -2.44. The number of morpholine rings is 1. The van der Waals surface area contributed by atoms with Crippen LogP contribution in [0.4, 0.5) is 0 Å². The van der Waals surface area contributed by atoms with Gasteiger partial charge in [0.1, 0.15) is 0 Å². The van der Waals surface area contributed by atoms with E-state index in [0.717, 1.165) is 13.1 Å². The van der Waals surface area contributed by atoms with E-state index in [1.54, 1.807) is 12.3 Å². The van der Waals surface area contributed by atoms with Crippen molar-refractivity contribution in [2.24, 2.45) is 0 Å². The van der Waals surface area contributed by atoms with E-state index in [2.05, 4.69) is 28.9 Å². The zero-order valence-corrected chi connectivity index (χ0v) is 11.1. The first-order valence-electron chi connectivity index (χ1n) is 6.45. The maximum absolute atomic E-state index is 5.69. The first kappa shape index (κ1) is 12.4. The van der Waals surface area contributed by atoms with Gasteiger partial charge < -0.3 is 13.7 Å². The summed E-state index contributed by atoms with van der Waals surface area (Å²) in [4.78, 5) is 6.61. The third kappa shape index (κ3) is 2.85. The van der Waals surface area contributed by atoms with Gasteiger partial charge in [-0.25, -0.2) is 0 Å². The van der Waals surface area contributed by atoms with Crippen LogP contribution in [-0.4, -0.2) is 40.3 Å². The van der Waals surface area contributed by atoms with Crippen LogP contribution in [0.5, 0.6) is 0 Å². The van der Waals surface area contributed by atoms with Crippen LogP contribution in [0.25, 0.3) is 11.6 Å². The van der Waals surface area contributed by atoms with E-state index < -0.39 is 0 Å². The molecule has 6 nitrogen and oxygen atoms in total. The number of ether oxygens (including phenoxy) is 1. The van der Waals surface area contributed by atoms with Gasteiger partial charge >= 0.3 is 0 Å². The fourth-order valence-corrected chi connectivity index (χ4v) is 2.43. The van der Waals surface area contributed by atoms with Crippen LogP contribution < -0.4 is 0 Å². The molecular formula is C13H17N3O3. The van der Waals surface area contributed by atoms with Crippen molar-refractivity contribution in [3.8, 4) is 11.6 Å². The first-order chi connectivity index (χ1) is 9.20. The minimum absolute atomic E-state index is 0.233. The van der Waals surface area contributed by atoms with Gasteiger partial charge in [-0.3, -0.25) is 4.90 Å². The van der Waals surface area contributed by atoms with Crippen molar-refractivity contribution in [2.45, 2.75) is 32.6 Å². The highest BCUT2D eigenvalue weighted by atomic mass is 16.5. The lowest BCUT2D eigenvalue weighted by Gasteiger charge is -2.34. The lowest BCUT2D eigenvalue weighted by molar-refractivity contribution is -0.0725. The summed E-state index contributed by atoms with van der Waals surface area (Å²) in [6, 6.07) is 3.62. The van der Waals surface area contributed by atoms with Crippen molar-refractivity contribution in [3.05, 3.63) is 24.3 Å². The van der Waals surface area contributed by atoms with Gasteiger partial charge in [0.05, 0.1) is 25.0 Å². The van der Waals surface area contributed by atoms with Gasteiger partial charge in [-0.1, -0.05) is 5.16 Å². The van der Waals surface area contributed by atoms with Crippen molar-refractivity contribution >= 4 is 0 Å². The fourth-order valence-electron chi connectivity index (χ4n) is 2.43. The van der Waals surface area contributed by atoms with Crippen LogP contribution in [0.1, 0.15) is 19.7 Å². The molecule has 0 aromatic carbocycles. The van der Waals surface area contributed by atoms with Gasteiger partial charge in [0.25, 0.3) is 0 Å². The SMILES string of the molecule is C[C@H]1CN(Cc2nc(-c3ccco3)no2)C[C@H](C)O1. The van der Waals surface area contributed by atoms with Crippen LogP contribution in [0.15, 0.2) is 27.3 Å². The molecule has 2 atom stereocenters. The van der Waals surface area contributed by atoms with E-state index >= 15 is 0 Å². The second kappa shape index (κ2) is 5.14. The Morgan fingerprint density at radius 2 is 2.11 bits per heavy atom. The molecule has 0 spiro atoms. The molecule has 1 fully saturated rings. The van der Waals surface area contributed by atoms with Crippen LogP contribution in [0, 0.1) is 0 Å². The fraction of sp³-hybridized carbons (Fsp3) is 0.538. The molecule has 1 aliphatic rings. The number of hydrogen-bond donors (Lipinski definition) is 0. The molecule has 0 bridgehead atoms. The van der Waals surface area contributed by atoms with Crippen LogP contribution in [-0.2, 0) is 11.3 Å². The lowest BCUT2D eigenvalue weighted by atomic mass is 10.2. The van der Waals surface area contributed by atoms with E-state index in [4.69, 9.17) is 13.7 Å². The molecule has 2 aromatic rings. The summed E-state index contributed by atoms with van der Waals surface area (Å²) in [6.07, 6.45) is 2.06. The average molecular weight is 263 g/mol. The summed E-state index contributed by atoms with van der Waals surface area (Å²) >= 11 is 0. The molecule has 1 saturated heterocycles. The van der Waals surface area contributed by atoms with Crippen LogP contribution in [0.2, 0.25) is 0 Å². The van der Waals surface area contributed by atoms with E-state index in [9.17, 15) is 0 Å². The molecule has 6 heteroatoms. The summed E-state index contributed by atoms with van der Waals surface area (Å²) in [5.41, 5.74) is 0. The summed E-state index contributed by atoms with van der Waals surface area (Å²) in [5, 5.41) is 3.92. The van der Waals surface area contributed by atoms with Gasteiger partial charge in [-0.2, -0.15) is 4.98 Å². The summed E-state index contributed by atoms with van der Waals surface area (Å²) in [5.74, 6) is 1.72. The number of hydrogen-bond acceptors (Lipinski definition) is 6. The molecule has 19 heavy (non-hydrogen) atoms. The maximum Gasteiger partial charge on any atom is 0.241 e. The Hall–Kier alpha value is -1.66. The topological polar surface area (TPSA) is 64.5 Å². The van der Waals surface area contributed by atoms with E-state index in [1.165, 1.54) is 0 Å². The van der Waals surface area contributed by atoms with Crippen molar-refractivity contribution in [3.63, 3.8) is 0 Å². The van der Waals surface area contributed by atoms with E-state index in [1.807, 2.05) is 6.07 Å². The molecule has 0 amide bonds. The predicted octanol–water partition coefficient (Wildman–Crippen LogP) is 1.94. The smallest absolute Gasteiger partial charge is 0.241 e. The highest BCUT2D eigenvalue weighted by Crippen LogP contribution is 2.18. The first-order valence-corrected chi connectivity index (χ1v) is 6.45. The summed E-state index contributed by atoms with van der Waals surface area (Å²) in [6.45, 7) is 6.55. The summed E-state index contributed by atoms with van der Waals surface area (Å²) < 4.78 is 16.2. The van der Waals surface area contributed by atoms with E-state index in [0.29, 0.717) is 24.0 Å². The third-order valence-corrected chi connectivity index (χ3v) is 3.06. The molecule has 0 radical (unpaired) electrons. The van der Waals surface area contributed by atoms with Gasteiger partial charge in [0, 0.05) is 13.1 Å². The number of nitrogens with zero attached hydrogens (tertiary/aromatic N) is 3. The zero-order chi connectivity index (χ0) is 13.2. The van der Waals surface area contributed by atoms with Crippen molar-refractivity contribution in [1.82, 2.24) is 15.0 Å². The molecular weight excluding hydrogens is 246 g/mol. The maximum atomic E-state index is 5.69. The molecule has 0 N–H and O–H groups in total. The molecule has 0 saturated carbocycles. The quantitative estimate of drug-likeness (QED) is 0.843. The monoisotopic (exact) mass is 263 g/mol. The Morgan fingerprint density at radius 3 is 2.79 bits per heavy atom. The zero-order valence-electron chi connectivity index (χ0n) is 11.1. The second-order valence-corrected chi connectivity index (χ2v) is 4.94. The minimum Gasteiger partial charge on any atom is -0.461 e. The molecule has 2 aromatic heterocycles. The normalized spacial score (nSPS) is 24.7. The minimum atomic E-state index is 0.233. The van der Waals surface area contributed by atoms with Crippen molar-refractivity contribution < 1.29 is 13.7 Å². The van der Waals surface area contributed by atoms with E-state index in [-0.39, 0.29) is 12.2 Å². The summed E-state index contributed by atoms with van der Waals surface area (Å²) in [7, 11) is 0. The highest BCUT2D eigenvalue weighted by Gasteiger charge is 2.24. The number of furan rings is 1. The van der Waals surface area contributed by atoms with Gasteiger partial charge in [0.2, 0.25) is 11.7 Å². The standard InChI is InChI=1S/C13H17N3O3/c1-9-6-16(7-10(2)18-9)8-12-14-13(15-19-12)11-4-3-5-17-11/h3-5,9-10H,6-8H2,1-2H3/t9-,10-/m0/s1. The molecule has 102 valence electrons. The average Bonchev–Trinajstić information content (AvgIpc) is 2.96. The highest BCUT2D eigenvalue weighted by molar-refractivity contribution is 5.44. The Kier molecular flexibility index (Phi) is 3.35. The number of rotatable bonds is 3. The predicted molar refractivity (Wildman–Crippen MR) is 67.3 cm³/mol. The molecule has 0 unspecified atom stereocenters.